The largest absolute Gasteiger partial charge is 0.495 e. The molecule has 0 amide bonds. The first kappa shape index (κ1) is 17.0. The van der Waals surface area contributed by atoms with Crippen LogP contribution in [0.15, 0.2) is 65.7 Å². The molecule has 2 heterocycles. The molecule has 0 N–H and O–H groups in total. The van der Waals surface area contributed by atoms with Crippen molar-refractivity contribution in [3.8, 4) is 5.75 Å². The van der Waals surface area contributed by atoms with Crippen LogP contribution in [0.3, 0.4) is 0 Å². The van der Waals surface area contributed by atoms with E-state index in [2.05, 4.69) is 4.98 Å². The van der Waals surface area contributed by atoms with Crippen molar-refractivity contribution in [3.63, 3.8) is 0 Å². The van der Waals surface area contributed by atoms with Crippen molar-refractivity contribution in [2.24, 2.45) is 0 Å². The Morgan fingerprint density at radius 3 is 2.52 bits per heavy atom. The van der Waals surface area contributed by atoms with Gasteiger partial charge in [-0.3, -0.25) is 15.1 Å². The van der Waals surface area contributed by atoms with Gasteiger partial charge in [-0.25, -0.2) is 12.4 Å². The summed E-state index contributed by atoms with van der Waals surface area (Å²) in [5, 5.41) is 12.0. The molecule has 27 heavy (non-hydrogen) atoms. The van der Waals surface area contributed by atoms with Crippen molar-refractivity contribution in [1.82, 2.24) is 8.96 Å². The number of hydrogen-bond donors (Lipinski definition) is 0. The smallest absolute Gasteiger partial charge is 0.289 e. The molecule has 0 bridgehead atoms. The highest BCUT2D eigenvalue weighted by Gasteiger charge is 2.30. The van der Waals surface area contributed by atoms with Crippen molar-refractivity contribution >= 4 is 37.6 Å². The van der Waals surface area contributed by atoms with Gasteiger partial charge in [0.2, 0.25) is 0 Å². The second-order valence-electron chi connectivity index (χ2n) is 5.75. The molecule has 0 aliphatic rings. The summed E-state index contributed by atoms with van der Waals surface area (Å²) in [4.78, 5) is 14.6. The number of ether oxygens (including phenoxy) is 1. The molecule has 4 aromatic rings. The lowest BCUT2D eigenvalue weighted by Gasteiger charge is -2.10. The summed E-state index contributed by atoms with van der Waals surface area (Å²) in [5.41, 5.74) is 0.646. The molecule has 136 valence electrons. The Bertz CT molecular complexity index is 1310. The lowest BCUT2D eigenvalue weighted by molar-refractivity contribution is -0.387. The standard InChI is InChI=1S/C18H13N3O5S/c1-26-12-10-16-18(19-11-12)13-6-2-3-7-14(13)20(16)27(24,25)17-9-5-4-8-15(17)21(22)23/h2-11H,1H3. The van der Waals surface area contributed by atoms with E-state index in [1.807, 2.05) is 0 Å². The molecule has 0 aliphatic heterocycles. The highest BCUT2D eigenvalue weighted by Crippen LogP contribution is 2.35. The zero-order valence-corrected chi connectivity index (χ0v) is 14.9. The van der Waals surface area contributed by atoms with Crippen molar-refractivity contribution in [3.05, 3.63) is 70.9 Å². The summed E-state index contributed by atoms with van der Waals surface area (Å²) < 4.78 is 33.1. The van der Waals surface area contributed by atoms with E-state index < -0.39 is 20.6 Å². The fourth-order valence-corrected chi connectivity index (χ4v) is 4.74. The van der Waals surface area contributed by atoms with E-state index in [0.717, 1.165) is 3.97 Å². The zero-order valence-electron chi connectivity index (χ0n) is 14.1. The zero-order chi connectivity index (χ0) is 19.2. The summed E-state index contributed by atoms with van der Waals surface area (Å²) in [6.07, 6.45) is 1.50. The highest BCUT2D eigenvalue weighted by atomic mass is 32.2. The number of hydrogen-bond acceptors (Lipinski definition) is 6. The Kier molecular flexibility index (Phi) is 3.81. The van der Waals surface area contributed by atoms with Crippen LogP contribution in [0.25, 0.3) is 21.9 Å². The fraction of sp³-hybridized carbons (Fsp3) is 0.0556. The van der Waals surface area contributed by atoms with Crippen molar-refractivity contribution < 1.29 is 18.1 Å². The molecule has 0 saturated carbocycles. The molecule has 8 nitrogen and oxygen atoms in total. The molecule has 2 aromatic carbocycles. The topological polar surface area (TPSA) is 104 Å². The normalized spacial score (nSPS) is 11.7. The maximum Gasteiger partial charge on any atom is 0.289 e. The highest BCUT2D eigenvalue weighted by molar-refractivity contribution is 7.90. The Morgan fingerprint density at radius 1 is 1.07 bits per heavy atom. The van der Waals surface area contributed by atoms with E-state index in [4.69, 9.17) is 4.74 Å². The molecule has 0 spiro atoms. The summed E-state index contributed by atoms with van der Waals surface area (Å²) >= 11 is 0. The Morgan fingerprint density at radius 2 is 1.78 bits per heavy atom. The number of nitro benzene ring substituents is 1. The molecule has 0 atom stereocenters. The number of pyridine rings is 1. The van der Waals surface area contributed by atoms with Crippen LogP contribution in [0.2, 0.25) is 0 Å². The number of benzene rings is 2. The van der Waals surface area contributed by atoms with Gasteiger partial charge in [0.1, 0.15) is 5.75 Å². The maximum absolute atomic E-state index is 13.4. The van der Waals surface area contributed by atoms with E-state index in [1.54, 1.807) is 30.3 Å². The summed E-state index contributed by atoms with van der Waals surface area (Å²) in [6, 6.07) is 13.7. The quantitative estimate of drug-likeness (QED) is 0.395. The van der Waals surface area contributed by atoms with Gasteiger partial charge in [0.05, 0.1) is 34.8 Å². The lowest BCUT2D eigenvalue weighted by atomic mass is 10.2. The van der Waals surface area contributed by atoms with Crippen LogP contribution in [-0.4, -0.2) is 29.4 Å². The molecular weight excluding hydrogens is 370 g/mol. The predicted octanol–water partition coefficient (Wildman–Crippen LogP) is 3.34. The summed E-state index contributed by atoms with van der Waals surface area (Å²) in [7, 11) is -2.82. The summed E-state index contributed by atoms with van der Waals surface area (Å²) in [6.45, 7) is 0. The molecule has 0 saturated heterocycles. The van der Waals surface area contributed by atoms with Gasteiger partial charge in [-0.1, -0.05) is 30.3 Å². The maximum atomic E-state index is 13.4. The molecular formula is C18H13N3O5S. The Balaban J connectivity index is 2.16. The van der Waals surface area contributed by atoms with Crippen LogP contribution in [0.1, 0.15) is 0 Å². The van der Waals surface area contributed by atoms with Crippen LogP contribution in [0.4, 0.5) is 5.69 Å². The van der Waals surface area contributed by atoms with Gasteiger partial charge < -0.3 is 4.74 Å². The van der Waals surface area contributed by atoms with Crippen LogP contribution in [-0.2, 0) is 10.0 Å². The van der Waals surface area contributed by atoms with E-state index in [1.165, 1.54) is 37.6 Å². The Hall–Kier alpha value is -3.46. The predicted molar refractivity (Wildman–Crippen MR) is 99.5 cm³/mol. The van der Waals surface area contributed by atoms with Crippen molar-refractivity contribution in [2.45, 2.75) is 4.90 Å². The van der Waals surface area contributed by atoms with E-state index in [9.17, 15) is 18.5 Å². The third kappa shape index (κ3) is 2.51. The number of rotatable bonds is 4. The van der Waals surface area contributed by atoms with Crippen LogP contribution in [0, 0.1) is 10.1 Å². The lowest BCUT2D eigenvalue weighted by Crippen LogP contribution is -2.14. The van der Waals surface area contributed by atoms with Gasteiger partial charge in [0.25, 0.3) is 15.7 Å². The summed E-state index contributed by atoms with van der Waals surface area (Å²) in [5.74, 6) is 0.379. The average Bonchev–Trinajstić information content (AvgIpc) is 3.02. The molecule has 0 aliphatic carbocycles. The second-order valence-corrected chi connectivity index (χ2v) is 7.51. The first-order chi connectivity index (χ1) is 12.9. The molecule has 0 fully saturated rings. The van der Waals surface area contributed by atoms with Gasteiger partial charge in [-0.2, -0.15) is 0 Å². The molecule has 2 aromatic heterocycles. The SMILES string of the molecule is COc1cnc2c3ccccc3n(S(=O)(=O)c3ccccc3[N+](=O)[O-])c2c1. The minimum Gasteiger partial charge on any atom is -0.495 e. The van der Waals surface area contributed by atoms with Gasteiger partial charge >= 0.3 is 0 Å². The van der Waals surface area contributed by atoms with Crippen LogP contribution < -0.4 is 4.74 Å². The van der Waals surface area contributed by atoms with Crippen molar-refractivity contribution in [2.75, 3.05) is 7.11 Å². The van der Waals surface area contributed by atoms with Gasteiger partial charge in [-0.05, 0) is 12.1 Å². The van der Waals surface area contributed by atoms with Crippen LogP contribution in [0.5, 0.6) is 5.75 Å². The third-order valence-corrected chi connectivity index (χ3v) is 6.03. The fourth-order valence-electron chi connectivity index (χ4n) is 3.07. The van der Waals surface area contributed by atoms with Gasteiger partial charge in [0, 0.05) is 17.5 Å². The molecule has 9 heteroatoms. The number of fused-ring (bicyclic) bond motifs is 3. The van der Waals surface area contributed by atoms with Gasteiger partial charge in [0.15, 0.2) is 4.90 Å². The first-order valence-electron chi connectivity index (χ1n) is 7.87. The monoisotopic (exact) mass is 383 g/mol. The van der Waals surface area contributed by atoms with E-state index in [-0.39, 0.29) is 10.4 Å². The van der Waals surface area contributed by atoms with Gasteiger partial charge in [-0.15, -0.1) is 0 Å². The molecule has 0 radical (unpaired) electrons. The Labute approximate surface area is 153 Å². The number of aromatic nitrogens is 2. The molecule has 0 unspecified atom stereocenters. The number of para-hydroxylation sites is 2. The minimum atomic E-state index is -4.27. The van der Waals surface area contributed by atoms with Crippen molar-refractivity contribution in [1.29, 1.82) is 0 Å². The molecule has 4 rings (SSSR count). The average molecular weight is 383 g/mol. The second kappa shape index (κ2) is 6.06. The first-order valence-corrected chi connectivity index (χ1v) is 9.31. The number of nitro groups is 1. The minimum absolute atomic E-state index is 0.286. The van der Waals surface area contributed by atoms with E-state index >= 15 is 0 Å². The third-order valence-electron chi connectivity index (χ3n) is 4.26. The van der Waals surface area contributed by atoms with Crippen LogP contribution >= 0.6 is 0 Å². The number of nitrogens with zero attached hydrogens (tertiary/aromatic N) is 3. The van der Waals surface area contributed by atoms with E-state index in [0.29, 0.717) is 22.2 Å². The number of methoxy groups -OCH3 is 1.